The molecular formula is C9H18FN. The molecule has 2 atom stereocenters. The van der Waals surface area contributed by atoms with Gasteiger partial charge in [0.15, 0.2) is 0 Å². The Balaban J connectivity index is 2.40. The highest BCUT2D eigenvalue weighted by Crippen LogP contribution is 2.20. The molecule has 0 unspecified atom stereocenters. The standard InChI is InChI=1S/C9H18FN/c1-7(2)11-5-4-8(3)9(10)6-11/h7-9H,4-6H2,1-3H3/t8-,9-/m0/s1. The summed E-state index contributed by atoms with van der Waals surface area (Å²) in [5.41, 5.74) is 0. The molecule has 1 fully saturated rings. The number of alkyl halides is 1. The van der Waals surface area contributed by atoms with Gasteiger partial charge in [0, 0.05) is 12.6 Å². The molecule has 0 radical (unpaired) electrons. The first-order valence-corrected chi connectivity index (χ1v) is 4.49. The van der Waals surface area contributed by atoms with Gasteiger partial charge in [-0.25, -0.2) is 4.39 Å². The number of hydrogen-bond acceptors (Lipinski definition) is 1. The van der Waals surface area contributed by atoms with Gasteiger partial charge in [0.05, 0.1) is 0 Å². The van der Waals surface area contributed by atoms with Crippen LogP contribution in [0.25, 0.3) is 0 Å². The van der Waals surface area contributed by atoms with Gasteiger partial charge >= 0.3 is 0 Å². The molecule has 0 saturated carbocycles. The van der Waals surface area contributed by atoms with Crippen molar-refractivity contribution in [2.75, 3.05) is 13.1 Å². The van der Waals surface area contributed by atoms with Crippen LogP contribution in [0.3, 0.4) is 0 Å². The fourth-order valence-electron chi connectivity index (χ4n) is 1.51. The maximum absolute atomic E-state index is 13.1. The first-order valence-electron chi connectivity index (χ1n) is 4.49. The number of rotatable bonds is 1. The number of likely N-dealkylation sites (tertiary alicyclic amines) is 1. The maximum Gasteiger partial charge on any atom is 0.115 e. The largest absolute Gasteiger partial charge is 0.298 e. The highest BCUT2D eigenvalue weighted by molar-refractivity contribution is 4.79. The molecule has 0 amide bonds. The van der Waals surface area contributed by atoms with Crippen molar-refractivity contribution in [2.24, 2.45) is 5.92 Å². The number of piperidine rings is 1. The summed E-state index contributed by atoms with van der Waals surface area (Å²) >= 11 is 0. The monoisotopic (exact) mass is 159 g/mol. The minimum atomic E-state index is -0.605. The van der Waals surface area contributed by atoms with Crippen molar-refractivity contribution < 1.29 is 4.39 Å². The average Bonchev–Trinajstić information content (AvgIpc) is 1.94. The van der Waals surface area contributed by atoms with Crippen LogP contribution in [0.4, 0.5) is 4.39 Å². The second kappa shape index (κ2) is 3.53. The molecule has 2 heteroatoms. The van der Waals surface area contributed by atoms with E-state index in [1.54, 1.807) is 0 Å². The summed E-state index contributed by atoms with van der Waals surface area (Å²) in [5, 5.41) is 0. The van der Waals surface area contributed by atoms with E-state index < -0.39 is 6.17 Å². The van der Waals surface area contributed by atoms with Gasteiger partial charge in [-0.2, -0.15) is 0 Å². The van der Waals surface area contributed by atoms with Gasteiger partial charge in [-0.05, 0) is 32.7 Å². The van der Waals surface area contributed by atoms with Gasteiger partial charge in [0.1, 0.15) is 6.17 Å². The van der Waals surface area contributed by atoms with Crippen LogP contribution in [0.1, 0.15) is 27.2 Å². The first-order chi connectivity index (χ1) is 5.11. The summed E-state index contributed by atoms with van der Waals surface area (Å²) in [6, 6.07) is 0.501. The van der Waals surface area contributed by atoms with Crippen molar-refractivity contribution in [2.45, 2.75) is 39.4 Å². The molecule has 1 aliphatic rings. The Hall–Kier alpha value is -0.110. The normalized spacial score (nSPS) is 34.6. The second-order valence-corrected chi connectivity index (χ2v) is 3.87. The molecule has 1 nitrogen and oxygen atoms in total. The Morgan fingerprint density at radius 1 is 1.45 bits per heavy atom. The van der Waals surface area contributed by atoms with Gasteiger partial charge in [-0.1, -0.05) is 6.92 Å². The lowest BCUT2D eigenvalue weighted by atomic mass is 9.96. The van der Waals surface area contributed by atoms with E-state index in [-0.39, 0.29) is 5.92 Å². The zero-order valence-electron chi connectivity index (χ0n) is 7.68. The van der Waals surface area contributed by atoms with E-state index in [9.17, 15) is 4.39 Å². The van der Waals surface area contributed by atoms with Crippen molar-refractivity contribution in [3.8, 4) is 0 Å². The van der Waals surface area contributed by atoms with E-state index in [1.165, 1.54) is 0 Å². The van der Waals surface area contributed by atoms with Gasteiger partial charge in [-0.15, -0.1) is 0 Å². The van der Waals surface area contributed by atoms with Gasteiger partial charge in [0.2, 0.25) is 0 Å². The molecule has 0 N–H and O–H groups in total. The van der Waals surface area contributed by atoms with E-state index in [2.05, 4.69) is 18.7 Å². The smallest absolute Gasteiger partial charge is 0.115 e. The first kappa shape index (κ1) is 8.98. The Kier molecular flexibility index (Phi) is 2.88. The summed E-state index contributed by atoms with van der Waals surface area (Å²) in [6.07, 6.45) is 0.408. The predicted molar refractivity (Wildman–Crippen MR) is 45.4 cm³/mol. The van der Waals surface area contributed by atoms with Crippen LogP contribution >= 0.6 is 0 Å². The topological polar surface area (TPSA) is 3.24 Å². The third-order valence-electron chi connectivity index (χ3n) is 2.63. The fraction of sp³-hybridized carbons (Fsp3) is 1.00. The zero-order valence-corrected chi connectivity index (χ0v) is 7.68. The molecule has 0 aromatic heterocycles. The third-order valence-corrected chi connectivity index (χ3v) is 2.63. The Morgan fingerprint density at radius 3 is 2.55 bits per heavy atom. The molecule has 1 rings (SSSR count). The van der Waals surface area contributed by atoms with E-state index in [0.717, 1.165) is 13.0 Å². The highest BCUT2D eigenvalue weighted by atomic mass is 19.1. The van der Waals surface area contributed by atoms with Crippen LogP contribution in [-0.2, 0) is 0 Å². The van der Waals surface area contributed by atoms with E-state index in [1.807, 2.05) is 6.92 Å². The van der Waals surface area contributed by atoms with Gasteiger partial charge in [0.25, 0.3) is 0 Å². The van der Waals surface area contributed by atoms with Crippen LogP contribution < -0.4 is 0 Å². The van der Waals surface area contributed by atoms with Crippen LogP contribution in [0, 0.1) is 5.92 Å². The minimum absolute atomic E-state index is 0.269. The Morgan fingerprint density at radius 2 is 2.09 bits per heavy atom. The lowest BCUT2D eigenvalue weighted by molar-refractivity contribution is 0.0730. The molecule has 0 aromatic rings. The van der Waals surface area contributed by atoms with E-state index in [0.29, 0.717) is 12.6 Å². The van der Waals surface area contributed by atoms with Crippen LogP contribution in [0.2, 0.25) is 0 Å². The molecule has 0 spiro atoms. The van der Waals surface area contributed by atoms with E-state index in [4.69, 9.17) is 0 Å². The van der Waals surface area contributed by atoms with Crippen molar-refractivity contribution in [1.29, 1.82) is 0 Å². The highest BCUT2D eigenvalue weighted by Gasteiger charge is 2.26. The van der Waals surface area contributed by atoms with Gasteiger partial charge < -0.3 is 0 Å². The van der Waals surface area contributed by atoms with Crippen molar-refractivity contribution >= 4 is 0 Å². The fourth-order valence-corrected chi connectivity index (χ4v) is 1.51. The number of hydrogen-bond donors (Lipinski definition) is 0. The molecule has 11 heavy (non-hydrogen) atoms. The molecule has 0 aromatic carbocycles. The maximum atomic E-state index is 13.1. The summed E-state index contributed by atoms with van der Waals surface area (Å²) in [5.74, 6) is 0.269. The molecule has 1 saturated heterocycles. The average molecular weight is 159 g/mol. The Bertz CT molecular complexity index is 125. The van der Waals surface area contributed by atoms with Crippen molar-refractivity contribution in [3.63, 3.8) is 0 Å². The van der Waals surface area contributed by atoms with Crippen molar-refractivity contribution in [3.05, 3.63) is 0 Å². The third kappa shape index (κ3) is 2.16. The Labute approximate surface area is 68.6 Å². The molecule has 0 aliphatic carbocycles. The van der Waals surface area contributed by atoms with Crippen LogP contribution in [0.5, 0.6) is 0 Å². The van der Waals surface area contributed by atoms with Crippen molar-refractivity contribution in [1.82, 2.24) is 4.90 Å². The van der Waals surface area contributed by atoms with Crippen LogP contribution in [0.15, 0.2) is 0 Å². The summed E-state index contributed by atoms with van der Waals surface area (Å²) < 4.78 is 13.1. The molecule has 66 valence electrons. The number of nitrogens with zero attached hydrogens (tertiary/aromatic N) is 1. The summed E-state index contributed by atoms with van der Waals surface area (Å²) in [7, 11) is 0. The summed E-state index contributed by atoms with van der Waals surface area (Å²) in [4.78, 5) is 2.21. The summed E-state index contributed by atoms with van der Waals surface area (Å²) in [6.45, 7) is 7.96. The van der Waals surface area contributed by atoms with Gasteiger partial charge in [-0.3, -0.25) is 4.90 Å². The molecule has 1 aliphatic heterocycles. The lowest BCUT2D eigenvalue weighted by Crippen LogP contribution is -2.44. The molecule has 0 bridgehead atoms. The lowest BCUT2D eigenvalue weighted by Gasteiger charge is -2.35. The minimum Gasteiger partial charge on any atom is -0.298 e. The molecular weight excluding hydrogens is 141 g/mol. The van der Waals surface area contributed by atoms with E-state index >= 15 is 0 Å². The van der Waals surface area contributed by atoms with Crippen LogP contribution in [-0.4, -0.2) is 30.2 Å². The predicted octanol–water partition coefficient (Wildman–Crippen LogP) is 2.07. The second-order valence-electron chi connectivity index (χ2n) is 3.87. The SMILES string of the molecule is CC(C)N1CC[C@H](C)[C@@H](F)C1. The number of halogens is 1. The zero-order chi connectivity index (χ0) is 8.43. The quantitative estimate of drug-likeness (QED) is 0.566. The molecule has 1 heterocycles.